The maximum absolute atomic E-state index is 12.5. The van der Waals surface area contributed by atoms with Crippen molar-refractivity contribution >= 4 is 39.2 Å². The molecule has 4 nitrogen and oxygen atoms in total. The molecule has 2 heterocycles. The first-order valence-corrected chi connectivity index (χ1v) is 11.1. The highest BCUT2D eigenvalue weighted by Crippen LogP contribution is 2.40. The Morgan fingerprint density at radius 1 is 1.24 bits per heavy atom. The highest BCUT2D eigenvalue weighted by molar-refractivity contribution is 8.00. The van der Waals surface area contributed by atoms with Crippen molar-refractivity contribution in [2.45, 2.75) is 69.9 Å². The lowest BCUT2D eigenvalue weighted by atomic mass is 9.86. The van der Waals surface area contributed by atoms with Crippen molar-refractivity contribution in [3.05, 3.63) is 16.3 Å². The SMILES string of the molecule is Cc1nc(SCC(=O)N[C@H]2CCCC[C@H]2C)c2c3c(sc2n1)CCC3. The fraction of sp³-hybridized carbons (Fsp3) is 0.632. The van der Waals surface area contributed by atoms with Crippen LogP contribution in [-0.2, 0) is 17.6 Å². The molecule has 1 N–H and O–H groups in total. The molecule has 4 rings (SSSR count). The molecule has 2 aromatic heterocycles. The van der Waals surface area contributed by atoms with Gasteiger partial charge in [0.15, 0.2) is 0 Å². The van der Waals surface area contributed by atoms with Gasteiger partial charge in [-0.1, -0.05) is 31.5 Å². The summed E-state index contributed by atoms with van der Waals surface area (Å²) in [4.78, 5) is 24.3. The Balaban J connectivity index is 1.48. The molecule has 0 aromatic carbocycles. The Morgan fingerprint density at radius 3 is 2.92 bits per heavy atom. The Bertz CT molecular complexity index is 802. The van der Waals surface area contributed by atoms with E-state index in [0.717, 1.165) is 28.5 Å². The van der Waals surface area contributed by atoms with E-state index in [0.29, 0.717) is 17.7 Å². The number of fused-ring (bicyclic) bond motifs is 3. The second-order valence-corrected chi connectivity index (χ2v) is 9.39. The van der Waals surface area contributed by atoms with Crippen molar-refractivity contribution < 1.29 is 4.79 Å². The largest absolute Gasteiger partial charge is 0.352 e. The zero-order valence-corrected chi connectivity index (χ0v) is 16.6. The summed E-state index contributed by atoms with van der Waals surface area (Å²) in [5.41, 5.74) is 1.43. The molecule has 134 valence electrons. The summed E-state index contributed by atoms with van der Waals surface area (Å²) in [5.74, 6) is 1.98. The fourth-order valence-electron chi connectivity index (χ4n) is 4.08. The predicted octanol–water partition coefficient (Wildman–Crippen LogP) is 4.28. The van der Waals surface area contributed by atoms with Gasteiger partial charge in [0.2, 0.25) is 5.91 Å². The maximum Gasteiger partial charge on any atom is 0.230 e. The normalized spacial score (nSPS) is 23.0. The van der Waals surface area contributed by atoms with Gasteiger partial charge in [-0.2, -0.15) is 0 Å². The van der Waals surface area contributed by atoms with E-state index >= 15 is 0 Å². The lowest BCUT2D eigenvalue weighted by Crippen LogP contribution is -2.41. The smallest absolute Gasteiger partial charge is 0.230 e. The van der Waals surface area contributed by atoms with Gasteiger partial charge in [-0.25, -0.2) is 9.97 Å². The minimum atomic E-state index is 0.139. The van der Waals surface area contributed by atoms with Crippen molar-refractivity contribution in [3.8, 4) is 0 Å². The molecule has 2 aromatic rings. The first kappa shape index (κ1) is 17.3. The van der Waals surface area contributed by atoms with Crippen molar-refractivity contribution in [2.75, 3.05) is 5.75 Å². The van der Waals surface area contributed by atoms with E-state index in [1.807, 2.05) is 18.3 Å². The summed E-state index contributed by atoms with van der Waals surface area (Å²) in [6, 6.07) is 0.347. The number of rotatable bonds is 4. The molecule has 2 aliphatic rings. The first-order chi connectivity index (χ1) is 12.1. The van der Waals surface area contributed by atoms with Crippen LogP contribution in [0.15, 0.2) is 5.03 Å². The lowest BCUT2D eigenvalue weighted by molar-refractivity contribution is -0.119. The third kappa shape index (κ3) is 3.56. The number of aryl methyl sites for hydroxylation is 3. The average molecular weight is 376 g/mol. The number of carbonyl (C=O) groups excluding carboxylic acids is 1. The van der Waals surface area contributed by atoms with Gasteiger partial charge in [0, 0.05) is 16.3 Å². The van der Waals surface area contributed by atoms with Crippen LogP contribution >= 0.6 is 23.1 Å². The minimum absolute atomic E-state index is 0.139. The molecule has 6 heteroatoms. The van der Waals surface area contributed by atoms with Crippen molar-refractivity contribution in [2.24, 2.45) is 5.92 Å². The quantitative estimate of drug-likeness (QED) is 0.640. The summed E-state index contributed by atoms with van der Waals surface area (Å²) >= 11 is 3.39. The van der Waals surface area contributed by atoms with E-state index in [9.17, 15) is 4.79 Å². The van der Waals surface area contributed by atoms with Crippen molar-refractivity contribution in [1.29, 1.82) is 0 Å². The van der Waals surface area contributed by atoms with Gasteiger partial charge in [0.05, 0.1) is 5.75 Å². The highest BCUT2D eigenvalue weighted by Gasteiger charge is 2.24. The zero-order valence-electron chi connectivity index (χ0n) is 14.9. The molecular weight excluding hydrogens is 350 g/mol. The van der Waals surface area contributed by atoms with Crippen LogP contribution in [0, 0.1) is 12.8 Å². The third-order valence-electron chi connectivity index (χ3n) is 5.44. The van der Waals surface area contributed by atoms with Crippen LogP contribution in [-0.4, -0.2) is 27.7 Å². The van der Waals surface area contributed by atoms with Crippen LogP contribution in [0.3, 0.4) is 0 Å². The van der Waals surface area contributed by atoms with Gasteiger partial charge < -0.3 is 5.32 Å². The predicted molar refractivity (Wildman–Crippen MR) is 104 cm³/mol. The molecule has 0 unspecified atom stereocenters. The van der Waals surface area contributed by atoms with Gasteiger partial charge >= 0.3 is 0 Å². The van der Waals surface area contributed by atoms with Crippen molar-refractivity contribution in [3.63, 3.8) is 0 Å². The maximum atomic E-state index is 12.5. The van der Waals surface area contributed by atoms with E-state index in [1.165, 1.54) is 47.9 Å². The molecule has 0 aliphatic heterocycles. The molecule has 25 heavy (non-hydrogen) atoms. The second kappa shape index (κ2) is 7.23. The van der Waals surface area contributed by atoms with E-state index < -0.39 is 0 Å². The lowest BCUT2D eigenvalue weighted by Gasteiger charge is -2.29. The van der Waals surface area contributed by atoms with Crippen LogP contribution in [0.5, 0.6) is 0 Å². The Hall–Kier alpha value is -1.14. The number of nitrogens with one attached hydrogen (secondary N) is 1. The molecular formula is C19H25N3OS2. The Kier molecular flexibility index (Phi) is 5.00. The number of hydrogen-bond donors (Lipinski definition) is 1. The number of thiophene rings is 1. The standard InChI is InChI=1S/C19H25N3OS2/c1-11-6-3-4-8-14(11)22-16(23)10-24-18-17-13-7-5-9-15(13)25-19(17)21-12(2)20-18/h11,14H,3-10H2,1-2H3,(H,22,23)/t11-,14+/m1/s1. The number of aromatic nitrogens is 2. The van der Waals surface area contributed by atoms with Crippen LogP contribution < -0.4 is 5.32 Å². The summed E-state index contributed by atoms with van der Waals surface area (Å²) in [6.07, 6.45) is 8.39. The van der Waals surface area contributed by atoms with Gasteiger partial charge in [0.1, 0.15) is 15.7 Å². The summed E-state index contributed by atoms with van der Waals surface area (Å²) < 4.78 is 0. The monoisotopic (exact) mass is 375 g/mol. The van der Waals surface area contributed by atoms with E-state index in [1.54, 1.807) is 11.8 Å². The summed E-state index contributed by atoms with van der Waals surface area (Å²) in [5, 5.41) is 5.46. The number of thioether (sulfide) groups is 1. The topological polar surface area (TPSA) is 54.9 Å². The van der Waals surface area contributed by atoms with Gasteiger partial charge in [-0.3, -0.25) is 4.79 Å². The zero-order chi connectivity index (χ0) is 17.4. The van der Waals surface area contributed by atoms with Crippen LogP contribution in [0.2, 0.25) is 0 Å². The van der Waals surface area contributed by atoms with Crippen LogP contribution in [0.25, 0.3) is 10.2 Å². The molecule has 0 saturated heterocycles. The van der Waals surface area contributed by atoms with E-state index in [2.05, 4.69) is 22.2 Å². The molecule has 0 spiro atoms. The molecule has 0 bridgehead atoms. The molecule has 1 saturated carbocycles. The molecule has 2 aliphatic carbocycles. The molecule has 1 amide bonds. The molecule has 2 atom stereocenters. The number of amides is 1. The highest BCUT2D eigenvalue weighted by atomic mass is 32.2. The summed E-state index contributed by atoms with van der Waals surface area (Å²) in [7, 11) is 0. The molecule has 0 radical (unpaired) electrons. The number of hydrogen-bond acceptors (Lipinski definition) is 5. The van der Waals surface area contributed by atoms with E-state index in [4.69, 9.17) is 0 Å². The molecule has 1 fully saturated rings. The Labute approximate surface area is 157 Å². The number of carbonyl (C=O) groups is 1. The summed E-state index contributed by atoms with van der Waals surface area (Å²) in [6.45, 7) is 4.20. The van der Waals surface area contributed by atoms with Gasteiger partial charge in [0.25, 0.3) is 0 Å². The van der Waals surface area contributed by atoms with Gasteiger partial charge in [-0.15, -0.1) is 11.3 Å². The minimum Gasteiger partial charge on any atom is -0.352 e. The Morgan fingerprint density at radius 2 is 2.08 bits per heavy atom. The number of nitrogens with zero attached hydrogens (tertiary/aromatic N) is 2. The van der Waals surface area contributed by atoms with Crippen molar-refractivity contribution in [1.82, 2.24) is 15.3 Å². The second-order valence-electron chi connectivity index (χ2n) is 7.34. The first-order valence-electron chi connectivity index (χ1n) is 9.33. The van der Waals surface area contributed by atoms with Crippen LogP contribution in [0.4, 0.5) is 0 Å². The van der Waals surface area contributed by atoms with Gasteiger partial charge in [-0.05, 0) is 50.5 Å². The van der Waals surface area contributed by atoms with E-state index in [-0.39, 0.29) is 5.91 Å². The average Bonchev–Trinajstić information content (AvgIpc) is 3.15. The fourth-order valence-corrected chi connectivity index (χ4v) is 6.36. The van der Waals surface area contributed by atoms with Crippen LogP contribution in [0.1, 0.15) is 55.3 Å². The third-order valence-corrected chi connectivity index (χ3v) is 7.60.